The van der Waals surface area contributed by atoms with E-state index in [0.29, 0.717) is 11.4 Å². The van der Waals surface area contributed by atoms with Crippen LogP contribution in [0.15, 0.2) is 34.9 Å². The van der Waals surface area contributed by atoms with Crippen molar-refractivity contribution < 1.29 is 4.79 Å². The van der Waals surface area contributed by atoms with Crippen LogP contribution in [0, 0.1) is 11.3 Å². The molecule has 0 saturated carbocycles. The Balaban J connectivity index is 2.10. The fourth-order valence-electron chi connectivity index (χ4n) is 1.68. The Morgan fingerprint density at radius 3 is 3.05 bits per heavy atom. The number of amides is 1. The summed E-state index contributed by atoms with van der Waals surface area (Å²) in [6, 6.07) is 9.52. The van der Waals surface area contributed by atoms with Crippen LogP contribution in [0.25, 0.3) is 0 Å². The Bertz CT molecular complexity index is 657. The second-order valence-corrected chi connectivity index (χ2v) is 4.91. The number of aryl methyl sites for hydroxylation is 1. The summed E-state index contributed by atoms with van der Waals surface area (Å²) in [5.74, 6) is 0.237. The Kier molecular flexibility index (Phi) is 3.97. The number of hydrogen-bond acceptors (Lipinski definition) is 3. The SMILES string of the molecule is Cn1ncc(C#N)c1NC(=O)Cc1cccc(Br)c1. The fourth-order valence-corrected chi connectivity index (χ4v) is 2.12. The van der Waals surface area contributed by atoms with E-state index < -0.39 is 0 Å². The van der Waals surface area contributed by atoms with Crippen LogP contribution < -0.4 is 5.32 Å². The molecule has 0 saturated heterocycles. The average Bonchev–Trinajstić information content (AvgIpc) is 2.70. The van der Waals surface area contributed by atoms with Gasteiger partial charge in [0.2, 0.25) is 5.91 Å². The Morgan fingerprint density at radius 2 is 2.37 bits per heavy atom. The van der Waals surface area contributed by atoms with Crippen LogP contribution in [0.3, 0.4) is 0 Å². The van der Waals surface area contributed by atoms with Crippen molar-refractivity contribution in [2.45, 2.75) is 6.42 Å². The van der Waals surface area contributed by atoms with Crippen molar-refractivity contribution in [3.8, 4) is 6.07 Å². The molecule has 0 fully saturated rings. The van der Waals surface area contributed by atoms with Gasteiger partial charge in [0.1, 0.15) is 17.5 Å². The van der Waals surface area contributed by atoms with Crippen LogP contribution in [0.1, 0.15) is 11.1 Å². The molecule has 2 rings (SSSR count). The van der Waals surface area contributed by atoms with E-state index in [1.807, 2.05) is 30.3 Å². The highest BCUT2D eigenvalue weighted by molar-refractivity contribution is 9.10. The second-order valence-electron chi connectivity index (χ2n) is 4.00. The molecule has 0 radical (unpaired) electrons. The molecule has 1 heterocycles. The summed E-state index contributed by atoms with van der Waals surface area (Å²) in [6.45, 7) is 0. The Hall–Kier alpha value is -2.13. The van der Waals surface area contributed by atoms with Gasteiger partial charge in [0, 0.05) is 11.5 Å². The van der Waals surface area contributed by atoms with E-state index in [-0.39, 0.29) is 12.3 Å². The van der Waals surface area contributed by atoms with Gasteiger partial charge in [-0.05, 0) is 17.7 Å². The van der Waals surface area contributed by atoms with E-state index in [1.54, 1.807) is 7.05 Å². The molecule has 0 bridgehead atoms. The predicted octanol–water partition coefficient (Wildman–Crippen LogP) is 2.24. The van der Waals surface area contributed by atoms with Gasteiger partial charge in [0.15, 0.2) is 0 Å². The zero-order valence-electron chi connectivity index (χ0n) is 10.2. The highest BCUT2D eigenvalue weighted by Gasteiger charge is 2.12. The number of carbonyl (C=O) groups excluding carboxylic acids is 1. The minimum Gasteiger partial charge on any atom is -0.310 e. The molecule has 5 nitrogen and oxygen atoms in total. The minimum absolute atomic E-state index is 0.182. The number of aromatic nitrogens is 2. The zero-order chi connectivity index (χ0) is 13.8. The number of benzene rings is 1. The molecule has 96 valence electrons. The van der Waals surface area contributed by atoms with Crippen molar-refractivity contribution in [3.05, 3.63) is 46.1 Å². The molecule has 0 spiro atoms. The maximum atomic E-state index is 11.9. The first-order chi connectivity index (χ1) is 9.10. The van der Waals surface area contributed by atoms with Crippen LogP contribution in [-0.2, 0) is 18.3 Å². The molecule has 0 atom stereocenters. The summed E-state index contributed by atoms with van der Waals surface area (Å²) >= 11 is 3.36. The lowest BCUT2D eigenvalue weighted by Crippen LogP contribution is -2.17. The summed E-state index contributed by atoms with van der Waals surface area (Å²) in [4.78, 5) is 11.9. The van der Waals surface area contributed by atoms with E-state index in [4.69, 9.17) is 5.26 Å². The summed E-state index contributed by atoms with van der Waals surface area (Å²) < 4.78 is 2.40. The summed E-state index contributed by atoms with van der Waals surface area (Å²) in [5.41, 5.74) is 1.25. The number of anilines is 1. The van der Waals surface area contributed by atoms with E-state index in [2.05, 4.69) is 26.3 Å². The third kappa shape index (κ3) is 3.20. The van der Waals surface area contributed by atoms with Gasteiger partial charge in [-0.25, -0.2) is 0 Å². The summed E-state index contributed by atoms with van der Waals surface area (Å²) in [6.07, 6.45) is 1.67. The van der Waals surface area contributed by atoms with Crippen LogP contribution >= 0.6 is 15.9 Å². The molecule has 1 aromatic heterocycles. The molecule has 0 unspecified atom stereocenters. The molecule has 0 aliphatic rings. The number of nitriles is 1. The average molecular weight is 319 g/mol. The summed E-state index contributed by atoms with van der Waals surface area (Å²) in [7, 11) is 1.68. The van der Waals surface area contributed by atoms with Gasteiger partial charge in [-0.1, -0.05) is 28.1 Å². The van der Waals surface area contributed by atoms with Gasteiger partial charge in [-0.15, -0.1) is 0 Å². The van der Waals surface area contributed by atoms with Crippen molar-refractivity contribution in [2.75, 3.05) is 5.32 Å². The molecule has 6 heteroatoms. The molecule has 1 amide bonds. The van der Waals surface area contributed by atoms with Crippen molar-refractivity contribution in [1.82, 2.24) is 9.78 Å². The Morgan fingerprint density at radius 1 is 1.58 bits per heavy atom. The first-order valence-corrected chi connectivity index (χ1v) is 6.36. The lowest BCUT2D eigenvalue weighted by Gasteiger charge is -2.06. The van der Waals surface area contributed by atoms with Crippen LogP contribution in [0.4, 0.5) is 5.82 Å². The maximum absolute atomic E-state index is 11.9. The number of carbonyl (C=O) groups is 1. The highest BCUT2D eigenvalue weighted by atomic mass is 79.9. The molecule has 0 aliphatic heterocycles. The molecule has 2 aromatic rings. The van der Waals surface area contributed by atoms with Crippen molar-refractivity contribution >= 4 is 27.7 Å². The number of halogens is 1. The molecule has 1 aromatic carbocycles. The number of hydrogen-bond donors (Lipinski definition) is 1. The van der Waals surface area contributed by atoms with Gasteiger partial charge in [-0.3, -0.25) is 9.48 Å². The molecular formula is C13H11BrN4O. The van der Waals surface area contributed by atoms with Gasteiger partial charge < -0.3 is 5.32 Å². The smallest absolute Gasteiger partial charge is 0.229 e. The van der Waals surface area contributed by atoms with E-state index in [1.165, 1.54) is 10.9 Å². The lowest BCUT2D eigenvalue weighted by atomic mass is 10.1. The largest absolute Gasteiger partial charge is 0.310 e. The third-order valence-corrected chi connectivity index (χ3v) is 3.06. The van der Waals surface area contributed by atoms with Gasteiger partial charge in [0.05, 0.1) is 12.6 Å². The quantitative estimate of drug-likeness (QED) is 0.943. The monoisotopic (exact) mass is 318 g/mol. The highest BCUT2D eigenvalue weighted by Crippen LogP contribution is 2.15. The number of nitrogens with one attached hydrogen (secondary N) is 1. The van der Waals surface area contributed by atoms with E-state index >= 15 is 0 Å². The van der Waals surface area contributed by atoms with Gasteiger partial charge >= 0.3 is 0 Å². The van der Waals surface area contributed by atoms with E-state index in [0.717, 1.165) is 10.0 Å². The fraction of sp³-hybridized carbons (Fsp3) is 0.154. The van der Waals surface area contributed by atoms with Crippen LogP contribution in [0.5, 0.6) is 0 Å². The van der Waals surface area contributed by atoms with Crippen molar-refractivity contribution in [3.63, 3.8) is 0 Å². The normalized spacial score (nSPS) is 9.95. The maximum Gasteiger partial charge on any atom is 0.229 e. The molecule has 1 N–H and O–H groups in total. The molecular weight excluding hydrogens is 308 g/mol. The van der Waals surface area contributed by atoms with Gasteiger partial charge in [-0.2, -0.15) is 10.4 Å². The van der Waals surface area contributed by atoms with Gasteiger partial charge in [0.25, 0.3) is 0 Å². The van der Waals surface area contributed by atoms with Crippen molar-refractivity contribution in [2.24, 2.45) is 7.05 Å². The lowest BCUT2D eigenvalue weighted by molar-refractivity contribution is -0.115. The predicted molar refractivity (Wildman–Crippen MR) is 74.4 cm³/mol. The second kappa shape index (κ2) is 5.67. The number of rotatable bonds is 3. The minimum atomic E-state index is -0.182. The molecule has 19 heavy (non-hydrogen) atoms. The summed E-state index contributed by atoms with van der Waals surface area (Å²) in [5, 5.41) is 15.5. The Labute approximate surface area is 119 Å². The van der Waals surface area contributed by atoms with Crippen LogP contribution in [-0.4, -0.2) is 15.7 Å². The first-order valence-electron chi connectivity index (χ1n) is 5.56. The third-order valence-electron chi connectivity index (χ3n) is 2.57. The number of nitrogens with zero attached hydrogens (tertiary/aromatic N) is 3. The van der Waals surface area contributed by atoms with Crippen molar-refractivity contribution in [1.29, 1.82) is 5.26 Å². The molecule has 0 aliphatic carbocycles. The van der Waals surface area contributed by atoms with E-state index in [9.17, 15) is 4.79 Å². The zero-order valence-corrected chi connectivity index (χ0v) is 11.8. The van der Waals surface area contributed by atoms with Crippen LogP contribution in [0.2, 0.25) is 0 Å². The standard InChI is InChI=1S/C13H11BrN4O/c1-18-13(10(7-15)8-16-18)17-12(19)6-9-3-2-4-11(14)5-9/h2-5,8H,6H2,1H3,(H,17,19). The topological polar surface area (TPSA) is 70.7 Å². The first kappa shape index (κ1) is 13.3.